The summed E-state index contributed by atoms with van der Waals surface area (Å²) >= 11 is 0. The Hall–Kier alpha value is -1.55. The maximum Gasteiger partial charge on any atom is 0.410 e. The van der Waals surface area contributed by atoms with Gasteiger partial charge in [-0.2, -0.15) is 0 Å². The Balaban J connectivity index is 0.00000161. The highest BCUT2D eigenvalue weighted by Gasteiger charge is 2.60. The fraction of sp³-hybridized carbons (Fsp3) is 0.588. The maximum absolute atomic E-state index is 12.1. The summed E-state index contributed by atoms with van der Waals surface area (Å²) in [6.07, 6.45) is 0.696. The average molecular weight is 291 g/mol. The van der Waals surface area contributed by atoms with E-state index in [1.54, 1.807) is 4.90 Å². The summed E-state index contributed by atoms with van der Waals surface area (Å²) in [5.41, 5.74) is 0.601. The van der Waals surface area contributed by atoms with Crippen LogP contribution in [0.5, 0.6) is 0 Å². The van der Waals surface area contributed by atoms with E-state index in [1.165, 1.54) is 5.56 Å². The van der Waals surface area contributed by atoms with Crippen molar-refractivity contribution < 1.29 is 14.3 Å². The van der Waals surface area contributed by atoms with Crippen LogP contribution in [-0.2, 0) is 15.1 Å². The highest BCUT2D eigenvalue weighted by molar-refractivity contribution is 5.68. The number of ether oxygens (including phenoxy) is 2. The number of fused-ring (bicyclic) bond motifs is 1. The molecule has 2 heterocycles. The van der Waals surface area contributed by atoms with Crippen LogP contribution >= 0.6 is 0 Å². The van der Waals surface area contributed by atoms with Crippen LogP contribution in [0.4, 0.5) is 4.79 Å². The molecule has 0 bridgehead atoms. The van der Waals surface area contributed by atoms with E-state index in [2.05, 4.69) is 12.1 Å². The maximum atomic E-state index is 12.1. The Morgan fingerprint density at radius 2 is 2.00 bits per heavy atom. The molecule has 4 nitrogen and oxygen atoms in total. The number of benzene rings is 1. The van der Waals surface area contributed by atoms with Gasteiger partial charge in [-0.1, -0.05) is 37.8 Å². The van der Waals surface area contributed by atoms with Gasteiger partial charge < -0.3 is 14.4 Å². The van der Waals surface area contributed by atoms with Gasteiger partial charge in [-0.15, -0.1) is 0 Å². The van der Waals surface area contributed by atoms with Crippen molar-refractivity contribution in [1.29, 1.82) is 0 Å². The highest BCUT2D eigenvalue weighted by atomic mass is 16.6. The molecule has 0 unspecified atom stereocenters. The monoisotopic (exact) mass is 291 g/mol. The predicted octanol–water partition coefficient (Wildman–Crippen LogP) is 3.56. The predicted molar refractivity (Wildman–Crippen MR) is 82.1 cm³/mol. The van der Waals surface area contributed by atoms with E-state index in [9.17, 15) is 4.79 Å². The minimum atomic E-state index is -0.449. The van der Waals surface area contributed by atoms with E-state index in [0.717, 1.165) is 6.42 Å². The molecule has 0 N–H and O–H groups in total. The van der Waals surface area contributed by atoms with Gasteiger partial charge in [0, 0.05) is 13.0 Å². The smallest absolute Gasteiger partial charge is 0.410 e. The quantitative estimate of drug-likeness (QED) is 0.743. The Morgan fingerprint density at radius 1 is 1.33 bits per heavy atom. The zero-order valence-corrected chi connectivity index (χ0v) is 12.3. The number of nitrogens with zero attached hydrogens (tertiary/aromatic N) is 1. The van der Waals surface area contributed by atoms with Crippen LogP contribution in [0.3, 0.4) is 0 Å². The minimum absolute atomic E-state index is 0. The van der Waals surface area contributed by atoms with Crippen molar-refractivity contribution in [2.45, 2.75) is 51.9 Å². The third kappa shape index (κ3) is 3.05. The molecular formula is C17H25NO3. The topological polar surface area (TPSA) is 42.1 Å². The molecule has 2 aliphatic rings. The van der Waals surface area contributed by atoms with E-state index in [4.69, 9.17) is 9.47 Å². The Kier molecular flexibility index (Phi) is 4.02. The molecule has 4 heteroatoms. The Morgan fingerprint density at radius 3 is 2.57 bits per heavy atom. The summed E-state index contributed by atoms with van der Waals surface area (Å²) in [7, 11) is 0. The van der Waals surface area contributed by atoms with Crippen molar-refractivity contribution in [3.05, 3.63) is 35.9 Å². The third-order valence-corrected chi connectivity index (χ3v) is 3.87. The first-order valence-electron chi connectivity index (χ1n) is 7.12. The first-order chi connectivity index (χ1) is 9.41. The largest absolute Gasteiger partial charge is 0.444 e. The molecule has 0 saturated carbocycles. The molecule has 2 fully saturated rings. The second-order valence-corrected chi connectivity index (χ2v) is 6.54. The van der Waals surface area contributed by atoms with Gasteiger partial charge in [0.25, 0.3) is 0 Å². The number of hydrogen-bond acceptors (Lipinski definition) is 3. The van der Waals surface area contributed by atoms with Crippen LogP contribution in [0, 0.1) is 0 Å². The van der Waals surface area contributed by atoms with Crippen LogP contribution in [0.15, 0.2) is 30.3 Å². The molecular weight excluding hydrogens is 266 g/mol. The number of carbonyl (C=O) groups is 1. The van der Waals surface area contributed by atoms with Crippen LogP contribution in [0.2, 0.25) is 0 Å². The molecule has 3 rings (SSSR count). The number of rotatable bonds is 1. The lowest BCUT2D eigenvalue weighted by Gasteiger charge is -2.31. The first-order valence-corrected chi connectivity index (χ1v) is 7.12. The average Bonchev–Trinajstić information content (AvgIpc) is 3.12. The van der Waals surface area contributed by atoms with E-state index in [0.29, 0.717) is 13.1 Å². The zero-order chi connectivity index (χ0) is 14.4. The Labute approximate surface area is 127 Å². The van der Waals surface area contributed by atoms with Crippen molar-refractivity contribution in [3.8, 4) is 0 Å². The van der Waals surface area contributed by atoms with E-state index >= 15 is 0 Å². The summed E-state index contributed by atoms with van der Waals surface area (Å²) in [6.45, 7) is 6.95. The molecule has 0 aromatic heterocycles. The lowest BCUT2D eigenvalue weighted by molar-refractivity contribution is 0.0217. The molecule has 2 aliphatic heterocycles. The highest BCUT2D eigenvalue weighted by Crippen LogP contribution is 2.51. The van der Waals surface area contributed by atoms with Crippen molar-refractivity contribution in [2.24, 2.45) is 0 Å². The summed E-state index contributed by atoms with van der Waals surface area (Å²) in [5, 5.41) is 0. The van der Waals surface area contributed by atoms with Crippen molar-refractivity contribution in [3.63, 3.8) is 0 Å². The molecule has 0 spiro atoms. The second kappa shape index (κ2) is 5.34. The van der Waals surface area contributed by atoms with Crippen LogP contribution < -0.4 is 0 Å². The molecule has 2 saturated heterocycles. The van der Waals surface area contributed by atoms with E-state index in [1.807, 2.05) is 39.0 Å². The number of hydrogen-bond donors (Lipinski definition) is 0. The fourth-order valence-corrected chi connectivity index (χ4v) is 2.83. The molecule has 1 amide bonds. The van der Waals surface area contributed by atoms with Gasteiger partial charge in [0.2, 0.25) is 0 Å². The fourth-order valence-electron chi connectivity index (χ4n) is 2.83. The van der Waals surface area contributed by atoms with Crippen LogP contribution in [-0.4, -0.2) is 35.8 Å². The lowest BCUT2D eigenvalue weighted by atomic mass is 9.89. The molecule has 2 atom stereocenters. The minimum Gasteiger partial charge on any atom is -0.444 e. The number of carbonyl (C=O) groups excluding carboxylic acids is 1. The SMILES string of the molecule is C.CC(C)(C)OC(=O)N1CC[C@@]2(c3ccccc3)O[C@H]2C1. The van der Waals surface area contributed by atoms with E-state index in [-0.39, 0.29) is 25.2 Å². The molecule has 0 radical (unpaired) electrons. The Bertz CT molecular complexity index is 509. The van der Waals surface area contributed by atoms with Gasteiger partial charge in [-0.05, 0) is 26.3 Å². The van der Waals surface area contributed by atoms with Crippen molar-refractivity contribution in [2.75, 3.05) is 13.1 Å². The number of amides is 1. The van der Waals surface area contributed by atoms with Crippen LogP contribution in [0.25, 0.3) is 0 Å². The molecule has 1 aromatic carbocycles. The summed E-state index contributed by atoms with van der Waals surface area (Å²) in [5.74, 6) is 0. The van der Waals surface area contributed by atoms with Gasteiger partial charge in [0.05, 0.1) is 6.54 Å². The number of epoxide rings is 1. The lowest BCUT2D eigenvalue weighted by Crippen LogP contribution is -2.44. The van der Waals surface area contributed by atoms with Gasteiger partial charge >= 0.3 is 6.09 Å². The second-order valence-electron chi connectivity index (χ2n) is 6.54. The molecule has 1 aromatic rings. The van der Waals surface area contributed by atoms with E-state index < -0.39 is 5.60 Å². The number of piperidine rings is 1. The summed E-state index contributed by atoms with van der Waals surface area (Å²) in [4.78, 5) is 13.8. The van der Waals surface area contributed by atoms with Crippen molar-refractivity contribution in [1.82, 2.24) is 4.90 Å². The molecule has 0 aliphatic carbocycles. The molecule has 21 heavy (non-hydrogen) atoms. The number of likely N-dealkylation sites (tertiary alicyclic amines) is 1. The van der Waals surface area contributed by atoms with Gasteiger partial charge in [0.15, 0.2) is 0 Å². The first kappa shape index (κ1) is 15.8. The normalized spacial score (nSPS) is 27.4. The standard InChI is InChI=1S/C16H21NO3.CH4/c1-15(2,3)20-14(18)17-10-9-16(13(11-17)19-16)12-7-5-4-6-8-12;/h4-8,13H,9-11H2,1-3H3;1H4/t13-,16-;/m0./s1. The van der Waals surface area contributed by atoms with Gasteiger partial charge in [-0.25, -0.2) is 4.79 Å². The summed E-state index contributed by atoms with van der Waals surface area (Å²) < 4.78 is 11.3. The third-order valence-electron chi connectivity index (χ3n) is 3.87. The van der Waals surface area contributed by atoms with Crippen molar-refractivity contribution >= 4 is 6.09 Å². The summed E-state index contributed by atoms with van der Waals surface area (Å²) in [6, 6.07) is 10.3. The van der Waals surface area contributed by atoms with Gasteiger partial charge in [0.1, 0.15) is 17.3 Å². The molecule has 116 valence electrons. The van der Waals surface area contributed by atoms with Gasteiger partial charge in [-0.3, -0.25) is 0 Å². The zero-order valence-electron chi connectivity index (χ0n) is 12.3. The van der Waals surface area contributed by atoms with Crippen LogP contribution in [0.1, 0.15) is 40.2 Å².